The molecule has 0 atom stereocenters. The van der Waals surface area contributed by atoms with Crippen LogP contribution in [0.2, 0.25) is 0 Å². The molecular formula is C22H29N3O3. The topological polar surface area (TPSA) is 70.7 Å². The maximum absolute atomic E-state index is 12.3. The lowest BCUT2D eigenvalue weighted by Crippen LogP contribution is -2.34. The van der Waals surface area contributed by atoms with E-state index in [2.05, 4.69) is 10.6 Å². The van der Waals surface area contributed by atoms with Gasteiger partial charge in [-0.3, -0.25) is 4.79 Å². The van der Waals surface area contributed by atoms with Gasteiger partial charge in [0.1, 0.15) is 0 Å². The molecule has 0 heterocycles. The molecule has 3 amide bonds. The molecule has 28 heavy (non-hydrogen) atoms. The molecule has 0 spiro atoms. The molecule has 2 rings (SSSR count). The van der Waals surface area contributed by atoms with Gasteiger partial charge in [0, 0.05) is 38.9 Å². The number of carbonyl (C=O) groups is 2. The molecule has 150 valence electrons. The number of ether oxygens (including phenoxy) is 1. The Bertz CT molecular complexity index is 771. The van der Waals surface area contributed by atoms with Gasteiger partial charge in [0.2, 0.25) is 0 Å². The highest BCUT2D eigenvalue weighted by molar-refractivity contribution is 5.94. The van der Waals surface area contributed by atoms with Crippen LogP contribution in [0, 0.1) is 0 Å². The molecule has 0 saturated heterocycles. The Balaban J connectivity index is 1.81. The molecule has 0 radical (unpaired) electrons. The second-order valence-corrected chi connectivity index (χ2v) is 6.46. The van der Waals surface area contributed by atoms with E-state index in [0.29, 0.717) is 38.3 Å². The molecule has 0 aliphatic rings. The van der Waals surface area contributed by atoms with Gasteiger partial charge in [-0.05, 0) is 42.7 Å². The smallest absolute Gasteiger partial charge is 0.315 e. The normalized spacial score (nSPS) is 10.4. The molecule has 2 N–H and O–H groups in total. The van der Waals surface area contributed by atoms with Crippen molar-refractivity contribution in [2.24, 2.45) is 0 Å². The van der Waals surface area contributed by atoms with Crippen molar-refractivity contribution >= 4 is 11.9 Å². The Morgan fingerprint density at radius 2 is 1.50 bits per heavy atom. The minimum Gasteiger partial charge on any atom is -0.380 e. The van der Waals surface area contributed by atoms with Gasteiger partial charge >= 0.3 is 6.03 Å². The summed E-state index contributed by atoms with van der Waals surface area (Å²) in [6, 6.07) is 15.0. The first-order valence-electron chi connectivity index (χ1n) is 9.54. The van der Waals surface area contributed by atoms with Gasteiger partial charge in [-0.15, -0.1) is 0 Å². The first-order chi connectivity index (χ1) is 13.6. The second-order valence-electron chi connectivity index (χ2n) is 6.46. The summed E-state index contributed by atoms with van der Waals surface area (Å²) in [5.74, 6) is 0.0259. The average molecular weight is 383 g/mol. The molecule has 0 saturated carbocycles. The summed E-state index contributed by atoms with van der Waals surface area (Å²) in [7, 11) is 1.66. The number of benzene rings is 2. The van der Waals surface area contributed by atoms with Crippen molar-refractivity contribution in [3.05, 3.63) is 70.8 Å². The predicted molar refractivity (Wildman–Crippen MR) is 110 cm³/mol. The molecule has 6 heteroatoms. The fraction of sp³-hybridized carbons (Fsp3) is 0.364. The van der Waals surface area contributed by atoms with Crippen LogP contribution >= 0.6 is 0 Å². The number of amides is 3. The van der Waals surface area contributed by atoms with Gasteiger partial charge in [0.15, 0.2) is 0 Å². The first-order valence-corrected chi connectivity index (χ1v) is 9.54. The summed E-state index contributed by atoms with van der Waals surface area (Å²) in [6.07, 6.45) is 0. The van der Waals surface area contributed by atoms with E-state index in [1.165, 1.54) is 0 Å². The summed E-state index contributed by atoms with van der Waals surface area (Å²) in [4.78, 5) is 26.1. The minimum atomic E-state index is -0.236. The van der Waals surface area contributed by atoms with Crippen LogP contribution in [0.15, 0.2) is 48.5 Å². The third kappa shape index (κ3) is 6.39. The molecule has 2 aromatic rings. The lowest BCUT2D eigenvalue weighted by Gasteiger charge is -2.18. The van der Waals surface area contributed by atoms with E-state index in [9.17, 15) is 9.59 Å². The first kappa shape index (κ1) is 21.4. The number of carbonyl (C=O) groups excluding carboxylic acids is 2. The van der Waals surface area contributed by atoms with Crippen molar-refractivity contribution in [1.82, 2.24) is 15.5 Å². The summed E-state index contributed by atoms with van der Waals surface area (Å²) in [5, 5.41) is 5.68. The van der Waals surface area contributed by atoms with E-state index in [-0.39, 0.29) is 11.9 Å². The molecule has 0 aliphatic carbocycles. The van der Waals surface area contributed by atoms with E-state index in [4.69, 9.17) is 4.74 Å². The van der Waals surface area contributed by atoms with E-state index in [1.807, 2.05) is 50.2 Å². The quantitative estimate of drug-likeness (QED) is 0.698. The fourth-order valence-corrected chi connectivity index (χ4v) is 2.88. The predicted octanol–water partition coefficient (Wildman–Crippen LogP) is 3.31. The average Bonchev–Trinajstić information content (AvgIpc) is 2.72. The highest BCUT2D eigenvalue weighted by atomic mass is 16.5. The van der Waals surface area contributed by atoms with Gasteiger partial charge in [-0.1, -0.05) is 36.4 Å². The number of nitrogens with zero attached hydrogens (tertiary/aromatic N) is 1. The van der Waals surface area contributed by atoms with Gasteiger partial charge in [-0.2, -0.15) is 0 Å². The van der Waals surface area contributed by atoms with Crippen LogP contribution < -0.4 is 10.6 Å². The van der Waals surface area contributed by atoms with Crippen LogP contribution in [-0.4, -0.2) is 37.0 Å². The molecule has 0 bridgehead atoms. The molecular weight excluding hydrogens is 354 g/mol. The lowest BCUT2D eigenvalue weighted by molar-refractivity contribution is 0.0773. The van der Waals surface area contributed by atoms with E-state index in [1.54, 1.807) is 24.1 Å². The van der Waals surface area contributed by atoms with Crippen molar-refractivity contribution in [3.63, 3.8) is 0 Å². The Morgan fingerprint density at radius 1 is 0.893 bits per heavy atom. The van der Waals surface area contributed by atoms with Crippen LogP contribution in [0.25, 0.3) is 0 Å². The lowest BCUT2D eigenvalue weighted by atomic mass is 10.1. The standard InChI is InChI=1S/C22H29N3O3/c1-4-25(5-2)21(26)20-11-9-17(10-12-20)14-23-22(27)24-15-18-7-6-8-19(13-18)16-28-3/h6-13H,4-5,14-16H2,1-3H3,(H2,23,24,27). The Kier molecular flexibility index (Phi) is 8.49. The number of methoxy groups -OCH3 is 1. The summed E-state index contributed by atoms with van der Waals surface area (Å²) < 4.78 is 5.12. The van der Waals surface area contributed by atoms with Crippen molar-refractivity contribution in [2.45, 2.75) is 33.5 Å². The molecule has 0 aliphatic heterocycles. The van der Waals surface area contributed by atoms with Gasteiger partial charge < -0.3 is 20.3 Å². The van der Waals surface area contributed by atoms with Crippen LogP contribution in [0.3, 0.4) is 0 Å². The third-order valence-electron chi connectivity index (χ3n) is 4.46. The van der Waals surface area contributed by atoms with Crippen LogP contribution in [0.4, 0.5) is 4.79 Å². The van der Waals surface area contributed by atoms with E-state index >= 15 is 0 Å². The zero-order chi connectivity index (χ0) is 20.4. The SMILES string of the molecule is CCN(CC)C(=O)c1ccc(CNC(=O)NCc2cccc(COC)c2)cc1. The van der Waals surface area contributed by atoms with Crippen molar-refractivity contribution in [1.29, 1.82) is 0 Å². The highest BCUT2D eigenvalue weighted by Gasteiger charge is 2.12. The summed E-state index contributed by atoms with van der Waals surface area (Å²) in [5.41, 5.74) is 3.69. The van der Waals surface area contributed by atoms with Crippen molar-refractivity contribution in [2.75, 3.05) is 20.2 Å². The molecule has 0 fully saturated rings. The Hall–Kier alpha value is -2.86. The van der Waals surface area contributed by atoms with Crippen LogP contribution in [0.5, 0.6) is 0 Å². The number of hydrogen-bond donors (Lipinski definition) is 2. The second kappa shape index (κ2) is 11.1. The molecule has 0 unspecified atom stereocenters. The van der Waals surface area contributed by atoms with Crippen LogP contribution in [-0.2, 0) is 24.4 Å². The monoisotopic (exact) mass is 383 g/mol. The third-order valence-corrected chi connectivity index (χ3v) is 4.46. The zero-order valence-corrected chi connectivity index (χ0v) is 16.8. The Morgan fingerprint density at radius 3 is 2.11 bits per heavy atom. The number of hydrogen-bond acceptors (Lipinski definition) is 3. The molecule has 0 aromatic heterocycles. The van der Waals surface area contributed by atoms with Gasteiger partial charge in [0.25, 0.3) is 5.91 Å². The van der Waals surface area contributed by atoms with Crippen molar-refractivity contribution < 1.29 is 14.3 Å². The fourth-order valence-electron chi connectivity index (χ4n) is 2.88. The van der Waals surface area contributed by atoms with Crippen LogP contribution in [0.1, 0.15) is 40.9 Å². The summed E-state index contributed by atoms with van der Waals surface area (Å²) >= 11 is 0. The summed E-state index contributed by atoms with van der Waals surface area (Å²) in [6.45, 7) is 6.70. The van der Waals surface area contributed by atoms with Crippen molar-refractivity contribution in [3.8, 4) is 0 Å². The minimum absolute atomic E-state index is 0.0259. The highest BCUT2D eigenvalue weighted by Crippen LogP contribution is 2.08. The largest absolute Gasteiger partial charge is 0.380 e. The van der Waals surface area contributed by atoms with Gasteiger partial charge in [0.05, 0.1) is 6.61 Å². The van der Waals surface area contributed by atoms with E-state index < -0.39 is 0 Å². The molecule has 2 aromatic carbocycles. The molecule has 6 nitrogen and oxygen atoms in total. The number of urea groups is 1. The Labute approximate surface area is 166 Å². The maximum Gasteiger partial charge on any atom is 0.315 e. The van der Waals surface area contributed by atoms with E-state index in [0.717, 1.165) is 16.7 Å². The zero-order valence-electron chi connectivity index (χ0n) is 16.8. The van der Waals surface area contributed by atoms with Gasteiger partial charge in [-0.25, -0.2) is 4.79 Å². The number of nitrogens with one attached hydrogen (secondary N) is 2. The maximum atomic E-state index is 12.3. The number of rotatable bonds is 9.